The molecule has 1 aromatic heterocycles. The van der Waals surface area contributed by atoms with E-state index in [9.17, 15) is 0 Å². The van der Waals surface area contributed by atoms with Crippen molar-refractivity contribution < 1.29 is 0 Å². The summed E-state index contributed by atoms with van der Waals surface area (Å²) in [4.78, 5) is 2.52. The average molecular weight is 718 g/mol. The van der Waals surface area contributed by atoms with Gasteiger partial charge in [-0.3, -0.25) is 0 Å². The summed E-state index contributed by atoms with van der Waals surface area (Å²) in [5.74, 6) is 0. The van der Waals surface area contributed by atoms with Crippen molar-refractivity contribution >= 4 is 70.1 Å². The maximum Gasteiger partial charge on any atom is 0.0729 e. The molecule has 1 nitrogen and oxygen atoms in total. The quantitative estimate of drug-likeness (QED) is 0.175. The first kappa shape index (κ1) is 30.9. The van der Waals surface area contributed by atoms with E-state index in [1.54, 1.807) is 0 Å². The van der Waals surface area contributed by atoms with E-state index < -0.39 is 5.41 Å². The number of anilines is 3. The number of hydrogen-bond acceptors (Lipinski definition) is 2. The smallest absolute Gasteiger partial charge is 0.0729 e. The molecule has 2 aliphatic carbocycles. The molecule has 55 heavy (non-hydrogen) atoms. The Bertz CT molecular complexity index is 3220. The molecule has 0 saturated heterocycles. The molecule has 1 heterocycles. The maximum absolute atomic E-state index is 2.54. The van der Waals surface area contributed by atoms with Gasteiger partial charge in [0.05, 0.1) is 15.8 Å². The van der Waals surface area contributed by atoms with Crippen molar-refractivity contribution in [3.05, 3.63) is 210 Å². The van der Waals surface area contributed by atoms with Crippen molar-refractivity contribution in [3.63, 3.8) is 0 Å². The van der Waals surface area contributed by atoms with E-state index in [0.717, 1.165) is 17.8 Å². The van der Waals surface area contributed by atoms with Crippen LogP contribution in [0.3, 0.4) is 0 Å². The van der Waals surface area contributed by atoms with Crippen LogP contribution in [0, 0.1) is 0 Å². The fourth-order valence-electron chi connectivity index (χ4n) is 10.2. The Morgan fingerprint density at radius 1 is 0.473 bits per heavy atom. The highest BCUT2D eigenvalue weighted by Crippen LogP contribution is 2.63. The van der Waals surface area contributed by atoms with Crippen molar-refractivity contribution in [2.24, 2.45) is 0 Å². The molecule has 1 unspecified atom stereocenters. The number of aryl methyl sites for hydroxylation is 1. The molecule has 1 spiro atoms. The zero-order chi connectivity index (χ0) is 36.3. The normalized spacial score (nSPS) is 15.1. The first-order valence-electron chi connectivity index (χ1n) is 19.3. The van der Waals surface area contributed by atoms with Crippen molar-refractivity contribution in [2.75, 3.05) is 4.90 Å². The van der Waals surface area contributed by atoms with Crippen LogP contribution >= 0.6 is 11.3 Å². The van der Waals surface area contributed by atoms with Crippen LogP contribution in [0.2, 0.25) is 0 Å². The fraction of sp³-hybridized carbons (Fsp3) is 0.0566. The van der Waals surface area contributed by atoms with E-state index in [2.05, 4.69) is 194 Å². The largest absolute Gasteiger partial charge is 0.309 e. The summed E-state index contributed by atoms with van der Waals surface area (Å²) in [6.45, 7) is 2.32. The third-order valence-electron chi connectivity index (χ3n) is 12.4. The van der Waals surface area contributed by atoms with Gasteiger partial charge in [0.25, 0.3) is 0 Å². The summed E-state index contributed by atoms with van der Waals surface area (Å²) in [6.07, 6.45) is 0.956. The van der Waals surface area contributed by atoms with Crippen LogP contribution in [-0.4, -0.2) is 0 Å². The van der Waals surface area contributed by atoms with Gasteiger partial charge in [0.15, 0.2) is 0 Å². The minimum atomic E-state index is -0.490. The molecule has 0 radical (unpaired) electrons. The van der Waals surface area contributed by atoms with E-state index in [0.29, 0.717) is 0 Å². The first-order valence-corrected chi connectivity index (χ1v) is 20.1. The number of fused-ring (bicyclic) bond motifs is 13. The molecule has 9 aromatic carbocycles. The third-order valence-corrected chi connectivity index (χ3v) is 13.6. The SMILES string of the molecule is CCc1ccc2cccc3c2c1C1(c2ccccc2-c2ccc(N(c4ccc5ccccc5c4)c4cccc5c4sc4ccccc45)cc21)c1ccccc1-3. The lowest BCUT2D eigenvalue weighted by Gasteiger charge is -2.41. The second-order valence-electron chi connectivity index (χ2n) is 15.0. The summed E-state index contributed by atoms with van der Waals surface area (Å²) in [5, 5.41) is 7.77. The molecule has 0 saturated carbocycles. The van der Waals surface area contributed by atoms with Crippen LogP contribution < -0.4 is 4.90 Å². The Morgan fingerprint density at radius 2 is 1.09 bits per heavy atom. The number of rotatable bonds is 4. The summed E-state index contributed by atoms with van der Waals surface area (Å²) in [5.41, 5.74) is 15.2. The molecular weight excluding hydrogens is 683 g/mol. The first-order chi connectivity index (χ1) is 27.2. The Labute approximate surface area is 324 Å². The Hall–Kier alpha value is -6.48. The number of nitrogens with zero attached hydrogens (tertiary/aromatic N) is 1. The predicted octanol–water partition coefficient (Wildman–Crippen LogP) is 14.7. The van der Waals surface area contributed by atoms with Gasteiger partial charge in [-0.1, -0.05) is 153 Å². The molecular formula is C53H35NS. The van der Waals surface area contributed by atoms with Gasteiger partial charge in [0.1, 0.15) is 0 Å². The molecule has 0 N–H and O–H groups in total. The minimum Gasteiger partial charge on any atom is -0.309 e. The van der Waals surface area contributed by atoms with E-state index in [-0.39, 0.29) is 0 Å². The highest BCUT2D eigenvalue weighted by molar-refractivity contribution is 7.26. The van der Waals surface area contributed by atoms with Crippen LogP contribution in [0.1, 0.15) is 34.7 Å². The van der Waals surface area contributed by atoms with Gasteiger partial charge < -0.3 is 4.90 Å². The zero-order valence-electron chi connectivity index (χ0n) is 30.4. The second-order valence-corrected chi connectivity index (χ2v) is 16.1. The molecule has 0 amide bonds. The second kappa shape index (κ2) is 11.5. The summed E-state index contributed by atoms with van der Waals surface area (Å²) < 4.78 is 2.61. The van der Waals surface area contributed by atoms with E-state index >= 15 is 0 Å². The van der Waals surface area contributed by atoms with Crippen LogP contribution in [0.5, 0.6) is 0 Å². The van der Waals surface area contributed by atoms with Crippen LogP contribution in [0.15, 0.2) is 182 Å². The molecule has 0 bridgehead atoms. The monoisotopic (exact) mass is 717 g/mol. The molecule has 2 heteroatoms. The molecule has 12 rings (SSSR count). The Balaban J connectivity index is 1.21. The van der Waals surface area contributed by atoms with Gasteiger partial charge >= 0.3 is 0 Å². The van der Waals surface area contributed by atoms with Gasteiger partial charge in [-0.05, 0) is 114 Å². The van der Waals surface area contributed by atoms with E-state index in [1.165, 1.54) is 97.5 Å². The van der Waals surface area contributed by atoms with Gasteiger partial charge in [0, 0.05) is 26.8 Å². The lowest BCUT2D eigenvalue weighted by molar-refractivity contribution is 0.759. The zero-order valence-corrected chi connectivity index (χ0v) is 31.2. The lowest BCUT2D eigenvalue weighted by atomic mass is 9.60. The Kier molecular flexibility index (Phi) is 6.47. The van der Waals surface area contributed by atoms with Crippen molar-refractivity contribution in [1.29, 1.82) is 0 Å². The summed E-state index contributed by atoms with van der Waals surface area (Å²) >= 11 is 1.89. The van der Waals surface area contributed by atoms with Crippen LogP contribution in [-0.2, 0) is 11.8 Å². The fourth-order valence-corrected chi connectivity index (χ4v) is 11.4. The summed E-state index contributed by atoms with van der Waals surface area (Å²) in [6, 6.07) is 68.6. The molecule has 0 fully saturated rings. The van der Waals surface area contributed by atoms with E-state index in [4.69, 9.17) is 0 Å². The van der Waals surface area contributed by atoms with Crippen molar-refractivity contribution in [3.8, 4) is 22.3 Å². The van der Waals surface area contributed by atoms with Crippen molar-refractivity contribution in [2.45, 2.75) is 18.8 Å². The van der Waals surface area contributed by atoms with Gasteiger partial charge in [0.2, 0.25) is 0 Å². The topological polar surface area (TPSA) is 3.24 Å². The van der Waals surface area contributed by atoms with E-state index in [1.807, 2.05) is 11.3 Å². The number of benzene rings is 9. The lowest BCUT2D eigenvalue weighted by Crippen LogP contribution is -2.33. The molecule has 1 atom stereocenters. The van der Waals surface area contributed by atoms with Gasteiger partial charge in [-0.15, -0.1) is 11.3 Å². The number of hydrogen-bond donors (Lipinski definition) is 0. The molecule has 10 aromatic rings. The minimum absolute atomic E-state index is 0.490. The standard InChI is InChI=1S/C53H35NS/c1-2-33-25-26-35-15-11-19-43-40-17-6-9-22-46(40)53(51(33)50(35)43)45-21-8-5-16-39(45)41-30-29-38(32-47(41)53)54(37-28-27-34-13-3-4-14-36(34)31-37)48-23-12-20-44-42-18-7-10-24-49(42)55-52(44)48/h3-32H,2H2,1H3. The summed E-state index contributed by atoms with van der Waals surface area (Å²) in [7, 11) is 0. The highest BCUT2D eigenvalue weighted by Gasteiger charge is 2.51. The maximum atomic E-state index is 2.54. The number of thiophene rings is 1. The highest BCUT2D eigenvalue weighted by atomic mass is 32.1. The third kappa shape index (κ3) is 4.12. The van der Waals surface area contributed by atoms with Gasteiger partial charge in [-0.25, -0.2) is 0 Å². The molecule has 2 aliphatic rings. The predicted molar refractivity (Wildman–Crippen MR) is 235 cm³/mol. The Morgan fingerprint density at radius 3 is 1.95 bits per heavy atom. The molecule has 258 valence electrons. The van der Waals surface area contributed by atoms with Crippen LogP contribution in [0.4, 0.5) is 17.1 Å². The average Bonchev–Trinajstić information content (AvgIpc) is 3.77. The van der Waals surface area contributed by atoms with Crippen LogP contribution in [0.25, 0.3) is 64.0 Å². The molecule has 0 aliphatic heterocycles. The van der Waals surface area contributed by atoms with Gasteiger partial charge in [-0.2, -0.15) is 0 Å². The van der Waals surface area contributed by atoms with Crippen molar-refractivity contribution in [1.82, 2.24) is 0 Å².